The molecule has 1 saturated heterocycles. The highest BCUT2D eigenvalue weighted by Gasteiger charge is 2.29. The number of nitrogens with zero attached hydrogens (tertiary/aromatic N) is 3. The number of methoxy groups -OCH3 is 1. The fourth-order valence-electron chi connectivity index (χ4n) is 4.08. The van der Waals surface area contributed by atoms with E-state index in [9.17, 15) is 4.79 Å². The molecule has 0 aliphatic carbocycles. The number of carbonyl (C=O) groups excluding carboxylic acids is 1. The summed E-state index contributed by atoms with van der Waals surface area (Å²) in [5.74, 6) is 0.999. The van der Waals surface area contributed by atoms with Gasteiger partial charge in [0.05, 0.1) is 30.1 Å². The van der Waals surface area contributed by atoms with E-state index in [4.69, 9.17) is 26.1 Å². The summed E-state index contributed by atoms with van der Waals surface area (Å²) in [5.41, 5.74) is 5.32. The van der Waals surface area contributed by atoms with E-state index in [1.54, 1.807) is 16.3 Å². The molecular weight excluding hydrogens is 434 g/mol. The van der Waals surface area contributed by atoms with Crippen LogP contribution < -0.4 is 9.75 Å². The van der Waals surface area contributed by atoms with Crippen molar-refractivity contribution >= 4 is 34.7 Å². The van der Waals surface area contributed by atoms with Crippen molar-refractivity contribution in [1.82, 2.24) is 9.99 Å². The van der Waals surface area contributed by atoms with E-state index < -0.39 is 0 Å². The summed E-state index contributed by atoms with van der Waals surface area (Å²) in [6.07, 6.45) is 2.24. The first-order chi connectivity index (χ1) is 15.1. The van der Waals surface area contributed by atoms with E-state index >= 15 is 0 Å². The van der Waals surface area contributed by atoms with Gasteiger partial charge in [0, 0.05) is 36.9 Å². The standard InChI is InChI=1S/C23H22ClN3O3S/c1-29-23(28)27-9-2-8-26(27)20-13-17(4-5-19(20)24)22-25-18(14-31-22)12-15-3-6-21-16(11-15)7-10-30-21/h3-6,11,13-14H,2,7-10,12H2,1H3. The number of aromatic nitrogens is 1. The van der Waals surface area contributed by atoms with Gasteiger partial charge in [-0.3, -0.25) is 5.01 Å². The number of rotatable bonds is 4. The molecule has 1 fully saturated rings. The van der Waals surface area contributed by atoms with Crippen LogP contribution >= 0.6 is 22.9 Å². The number of anilines is 1. The van der Waals surface area contributed by atoms with Gasteiger partial charge in [0.15, 0.2) is 0 Å². The Bertz CT molecular complexity index is 1130. The molecule has 8 heteroatoms. The number of ether oxygens (including phenoxy) is 2. The first-order valence-electron chi connectivity index (χ1n) is 10.2. The van der Waals surface area contributed by atoms with Gasteiger partial charge in [-0.1, -0.05) is 29.8 Å². The Morgan fingerprint density at radius 2 is 2.16 bits per heavy atom. The number of hydrogen-bond acceptors (Lipinski definition) is 6. The van der Waals surface area contributed by atoms with Crippen molar-refractivity contribution in [2.75, 3.05) is 31.8 Å². The van der Waals surface area contributed by atoms with Crippen LogP contribution in [0.4, 0.5) is 10.5 Å². The van der Waals surface area contributed by atoms with Gasteiger partial charge in [0.25, 0.3) is 0 Å². The SMILES string of the molecule is COC(=O)N1CCCN1c1cc(-c2nc(Cc3ccc4c(c3)CCO4)cs2)ccc1Cl. The van der Waals surface area contributed by atoms with Gasteiger partial charge in [-0.05, 0) is 35.7 Å². The van der Waals surface area contributed by atoms with Crippen LogP contribution in [-0.2, 0) is 17.6 Å². The molecule has 0 radical (unpaired) electrons. The average Bonchev–Trinajstić information content (AvgIpc) is 3.54. The number of benzene rings is 2. The van der Waals surface area contributed by atoms with E-state index in [1.165, 1.54) is 18.2 Å². The maximum Gasteiger partial charge on any atom is 0.428 e. The Morgan fingerprint density at radius 3 is 3.03 bits per heavy atom. The van der Waals surface area contributed by atoms with E-state index in [1.807, 2.05) is 23.2 Å². The molecule has 0 spiro atoms. The lowest BCUT2D eigenvalue weighted by atomic mass is 10.1. The number of hydrazine groups is 1. The topological polar surface area (TPSA) is 54.9 Å². The minimum atomic E-state index is -0.379. The zero-order valence-electron chi connectivity index (χ0n) is 17.1. The van der Waals surface area contributed by atoms with E-state index in [0.717, 1.165) is 53.6 Å². The number of amides is 1. The van der Waals surface area contributed by atoms with Crippen molar-refractivity contribution in [2.24, 2.45) is 0 Å². The molecule has 3 aromatic rings. The number of thiazole rings is 1. The van der Waals surface area contributed by atoms with Crippen LogP contribution in [0.3, 0.4) is 0 Å². The molecule has 3 heterocycles. The van der Waals surface area contributed by atoms with Crippen molar-refractivity contribution in [3.8, 4) is 16.3 Å². The summed E-state index contributed by atoms with van der Waals surface area (Å²) in [7, 11) is 1.39. The summed E-state index contributed by atoms with van der Waals surface area (Å²) < 4.78 is 10.5. The predicted molar refractivity (Wildman–Crippen MR) is 122 cm³/mol. The molecule has 0 N–H and O–H groups in total. The van der Waals surface area contributed by atoms with Crippen LogP contribution in [0.2, 0.25) is 5.02 Å². The molecule has 31 heavy (non-hydrogen) atoms. The van der Waals surface area contributed by atoms with Gasteiger partial charge in [-0.25, -0.2) is 14.8 Å². The lowest BCUT2D eigenvalue weighted by molar-refractivity contribution is 0.129. The third-order valence-corrected chi connectivity index (χ3v) is 6.84. The Morgan fingerprint density at radius 1 is 1.26 bits per heavy atom. The third kappa shape index (κ3) is 3.95. The van der Waals surface area contributed by atoms with Gasteiger partial charge < -0.3 is 9.47 Å². The van der Waals surface area contributed by atoms with Crippen molar-refractivity contribution in [1.29, 1.82) is 0 Å². The molecule has 6 nitrogen and oxygen atoms in total. The third-order valence-electron chi connectivity index (χ3n) is 5.58. The van der Waals surface area contributed by atoms with Crippen molar-refractivity contribution in [2.45, 2.75) is 19.3 Å². The lowest BCUT2D eigenvalue weighted by Crippen LogP contribution is -2.41. The fourth-order valence-corrected chi connectivity index (χ4v) is 5.11. The van der Waals surface area contributed by atoms with Gasteiger partial charge in [-0.2, -0.15) is 0 Å². The quantitative estimate of drug-likeness (QED) is 0.542. The van der Waals surface area contributed by atoms with E-state index in [2.05, 4.69) is 23.6 Å². The van der Waals surface area contributed by atoms with Crippen molar-refractivity contribution in [3.63, 3.8) is 0 Å². The minimum absolute atomic E-state index is 0.379. The number of carbonyl (C=O) groups is 1. The average molecular weight is 456 g/mol. The van der Waals surface area contributed by atoms with Gasteiger partial charge in [-0.15, -0.1) is 11.3 Å². The molecule has 1 amide bonds. The Labute approximate surface area is 189 Å². The molecule has 2 aromatic carbocycles. The number of hydrogen-bond donors (Lipinski definition) is 0. The molecule has 0 unspecified atom stereocenters. The molecule has 5 rings (SSSR count). The highest BCUT2D eigenvalue weighted by molar-refractivity contribution is 7.13. The van der Waals surface area contributed by atoms with Gasteiger partial charge in [0.1, 0.15) is 10.8 Å². The normalized spacial score (nSPS) is 15.2. The molecular formula is C23H22ClN3O3S. The molecule has 0 saturated carbocycles. The van der Waals surface area contributed by atoms with Gasteiger partial charge in [0.2, 0.25) is 0 Å². The van der Waals surface area contributed by atoms with Crippen LogP contribution in [0.15, 0.2) is 41.8 Å². The summed E-state index contributed by atoms with van der Waals surface area (Å²) in [5, 5.41) is 7.11. The second-order valence-corrected chi connectivity index (χ2v) is 8.86. The zero-order valence-corrected chi connectivity index (χ0v) is 18.7. The molecule has 1 aromatic heterocycles. The summed E-state index contributed by atoms with van der Waals surface area (Å²) in [6, 6.07) is 12.2. The Balaban J connectivity index is 1.38. The fraction of sp³-hybridized carbons (Fsp3) is 0.304. The zero-order chi connectivity index (χ0) is 21.4. The van der Waals surface area contributed by atoms with Gasteiger partial charge >= 0.3 is 6.09 Å². The molecule has 2 aliphatic rings. The summed E-state index contributed by atoms with van der Waals surface area (Å²) >= 11 is 8.10. The molecule has 0 bridgehead atoms. The molecule has 0 atom stereocenters. The monoisotopic (exact) mass is 455 g/mol. The predicted octanol–water partition coefficient (Wildman–Crippen LogP) is 5.18. The summed E-state index contributed by atoms with van der Waals surface area (Å²) in [4.78, 5) is 17.0. The van der Waals surface area contributed by atoms with Crippen LogP contribution in [0.25, 0.3) is 10.6 Å². The van der Waals surface area contributed by atoms with Crippen LogP contribution in [-0.4, -0.2) is 42.9 Å². The van der Waals surface area contributed by atoms with Crippen molar-refractivity contribution in [3.05, 3.63) is 63.6 Å². The maximum absolute atomic E-state index is 12.1. The summed E-state index contributed by atoms with van der Waals surface area (Å²) in [6.45, 7) is 2.09. The number of fused-ring (bicyclic) bond motifs is 1. The largest absolute Gasteiger partial charge is 0.493 e. The van der Waals surface area contributed by atoms with Crippen LogP contribution in [0.1, 0.15) is 23.2 Å². The first-order valence-corrected chi connectivity index (χ1v) is 11.5. The van der Waals surface area contributed by atoms with Crippen molar-refractivity contribution < 1.29 is 14.3 Å². The van der Waals surface area contributed by atoms with E-state index in [-0.39, 0.29) is 6.09 Å². The smallest absolute Gasteiger partial charge is 0.428 e. The van der Waals surface area contributed by atoms with Crippen LogP contribution in [0, 0.1) is 0 Å². The second-order valence-electron chi connectivity index (χ2n) is 7.60. The Kier molecular flexibility index (Phi) is 5.46. The second kappa shape index (κ2) is 8.40. The maximum atomic E-state index is 12.1. The first kappa shape index (κ1) is 20.2. The number of halogens is 1. The lowest BCUT2D eigenvalue weighted by Gasteiger charge is -2.29. The highest BCUT2D eigenvalue weighted by Crippen LogP contribution is 2.35. The minimum Gasteiger partial charge on any atom is -0.493 e. The highest BCUT2D eigenvalue weighted by atomic mass is 35.5. The van der Waals surface area contributed by atoms with Crippen LogP contribution in [0.5, 0.6) is 5.75 Å². The van der Waals surface area contributed by atoms with E-state index in [0.29, 0.717) is 18.1 Å². The molecule has 2 aliphatic heterocycles. The molecule has 160 valence electrons. The Hall–Kier alpha value is -2.77.